The average Bonchev–Trinajstić information content (AvgIpc) is 2.48. The van der Waals surface area contributed by atoms with Crippen LogP contribution in [-0.2, 0) is 13.6 Å². The number of hydrogen-bond acceptors (Lipinski definition) is 3. The summed E-state index contributed by atoms with van der Waals surface area (Å²) in [6, 6.07) is 7.65. The van der Waals surface area contributed by atoms with Crippen LogP contribution in [-0.4, -0.2) is 18.6 Å². The minimum atomic E-state index is -3.89. The second-order valence-corrected chi connectivity index (χ2v) is 5.73. The van der Waals surface area contributed by atoms with Crippen molar-refractivity contribution in [3.05, 3.63) is 35.4 Å². The molecule has 1 unspecified atom stereocenters. The van der Waals surface area contributed by atoms with Crippen LogP contribution in [0, 0.1) is 23.7 Å². The molecule has 1 atom stereocenters. The molecule has 0 aliphatic carbocycles. The average molecular weight is 306 g/mol. The fourth-order valence-electron chi connectivity index (χ4n) is 1.36. The molecular formula is C16H19O4P. The summed E-state index contributed by atoms with van der Waals surface area (Å²) in [7, 11) is -2.77. The Bertz CT molecular complexity index is 599. The molecule has 0 radical (unpaired) electrons. The van der Waals surface area contributed by atoms with E-state index in [4.69, 9.17) is 4.89 Å². The van der Waals surface area contributed by atoms with Crippen molar-refractivity contribution in [3.8, 4) is 23.7 Å². The second-order valence-electron chi connectivity index (χ2n) is 4.17. The van der Waals surface area contributed by atoms with E-state index < -0.39 is 7.82 Å². The Morgan fingerprint density at radius 2 is 1.62 bits per heavy atom. The van der Waals surface area contributed by atoms with Crippen molar-refractivity contribution in [1.29, 1.82) is 0 Å². The SMILES string of the molecule is CCCC#Cc1ccc(C#CCCOP(=O)(O)OC)cc1. The van der Waals surface area contributed by atoms with Gasteiger partial charge in [0.15, 0.2) is 0 Å². The Morgan fingerprint density at radius 1 is 1.10 bits per heavy atom. The molecule has 112 valence electrons. The first-order valence-electron chi connectivity index (χ1n) is 6.68. The van der Waals surface area contributed by atoms with Gasteiger partial charge in [0.1, 0.15) is 0 Å². The van der Waals surface area contributed by atoms with E-state index in [0.717, 1.165) is 31.1 Å². The maximum atomic E-state index is 11.0. The van der Waals surface area contributed by atoms with Crippen molar-refractivity contribution in [2.75, 3.05) is 13.7 Å². The lowest BCUT2D eigenvalue weighted by molar-refractivity contribution is 0.176. The van der Waals surface area contributed by atoms with E-state index in [1.807, 2.05) is 24.3 Å². The molecule has 0 fully saturated rings. The van der Waals surface area contributed by atoms with E-state index in [0.29, 0.717) is 6.42 Å². The lowest BCUT2D eigenvalue weighted by atomic mass is 10.1. The highest BCUT2D eigenvalue weighted by Crippen LogP contribution is 2.41. The van der Waals surface area contributed by atoms with E-state index in [-0.39, 0.29) is 6.61 Å². The van der Waals surface area contributed by atoms with Crippen LogP contribution in [0.4, 0.5) is 0 Å². The maximum absolute atomic E-state index is 11.0. The number of phosphoric ester groups is 1. The molecule has 0 bridgehead atoms. The Balaban J connectivity index is 2.45. The molecular weight excluding hydrogens is 287 g/mol. The molecule has 0 amide bonds. The Labute approximate surface area is 126 Å². The van der Waals surface area contributed by atoms with E-state index in [9.17, 15) is 4.57 Å². The summed E-state index contributed by atoms with van der Waals surface area (Å²) in [6.45, 7) is 2.15. The van der Waals surface area contributed by atoms with Gasteiger partial charge in [0.05, 0.1) is 6.61 Å². The summed E-state index contributed by atoms with van der Waals surface area (Å²) < 4.78 is 20.0. The monoisotopic (exact) mass is 306 g/mol. The molecule has 1 aromatic carbocycles. The lowest BCUT2D eigenvalue weighted by Crippen LogP contribution is -1.93. The number of hydrogen-bond donors (Lipinski definition) is 1. The molecule has 1 rings (SSSR count). The topological polar surface area (TPSA) is 55.8 Å². The highest BCUT2D eigenvalue weighted by atomic mass is 31.2. The van der Waals surface area contributed by atoms with Crippen molar-refractivity contribution in [2.24, 2.45) is 0 Å². The van der Waals surface area contributed by atoms with Crippen molar-refractivity contribution < 1.29 is 18.5 Å². The third-order valence-corrected chi connectivity index (χ3v) is 3.41. The van der Waals surface area contributed by atoms with Gasteiger partial charge in [-0.05, 0) is 30.7 Å². The van der Waals surface area contributed by atoms with Crippen molar-refractivity contribution in [3.63, 3.8) is 0 Å². The summed E-state index contributed by atoms with van der Waals surface area (Å²) >= 11 is 0. The molecule has 0 heterocycles. The van der Waals surface area contributed by atoms with Crippen LogP contribution in [0.15, 0.2) is 24.3 Å². The smallest absolute Gasteiger partial charge is 0.303 e. The van der Waals surface area contributed by atoms with E-state index in [1.54, 1.807) is 0 Å². The molecule has 4 nitrogen and oxygen atoms in total. The predicted octanol–water partition coefficient (Wildman–Crippen LogP) is 3.34. The molecule has 21 heavy (non-hydrogen) atoms. The predicted molar refractivity (Wildman–Crippen MR) is 82.5 cm³/mol. The number of benzene rings is 1. The van der Waals surface area contributed by atoms with Gasteiger partial charge >= 0.3 is 7.82 Å². The largest absolute Gasteiger partial charge is 0.471 e. The molecule has 0 spiro atoms. The Hall–Kier alpha value is -1.55. The highest BCUT2D eigenvalue weighted by Gasteiger charge is 2.16. The summed E-state index contributed by atoms with van der Waals surface area (Å²) in [5, 5.41) is 0. The third-order valence-electron chi connectivity index (χ3n) is 2.44. The van der Waals surface area contributed by atoms with E-state index in [1.165, 1.54) is 0 Å². The van der Waals surface area contributed by atoms with Crippen LogP contribution in [0.3, 0.4) is 0 Å². The van der Waals surface area contributed by atoms with Crippen LogP contribution < -0.4 is 0 Å². The van der Waals surface area contributed by atoms with Crippen molar-refractivity contribution >= 4 is 7.82 Å². The second kappa shape index (κ2) is 9.40. The fraction of sp³-hybridized carbons (Fsp3) is 0.375. The molecule has 0 aliphatic rings. The molecule has 1 aromatic rings. The number of phosphoric acid groups is 1. The first kappa shape index (κ1) is 17.5. The zero-order chi connectivity index (χ0) is 15.6. The number of rotatable bonds is 5. The van der Waals surface area contributed by atoms with Gasteiger partial charge in [-0.2, -0.15) is 0 Å². The molecule has 0 saturated heterocycles. The Kier molecular flexibility index (Phi) is 7.83. The van der Waals surface area contributed by atoms with Crippen LogP contribution in [0.25, 0.3) is 0 Å². The van der Waals surface area contributed by atoms with Crippen LogP contribution >= 0.6 is 7.82 Å². The molecule has 0 aromatic heterocycles. The molecule has 5 heteroatoms. The molecule has 1 N–H and O–H groups in total. The third kappa shape index (κ3) is 7.71. The normalized spacial score (nSPS) is 12.5. The summed E-state index contributed by atoms with van der Waals surface area (Å²) in [5.74, 6) is 12.0. The first-order valence-corrected chi connectivity index (χ1v) is 8.18. The van der Waals surface area contributed by atoms with Gasteiger partial charge < -0.3 is 4.89 Å². The summed E-state index contributed by atoms with van der Waals surface area (Å²) in [5.41, 5.74) is 1.84. The van der Waals surface area contributed by atoms with Crippen LogP contribution in [0.2, 0.25) is 0 Å². The van der Waals surface area contributed by atoms with Crippen molar-refractivity contribution in [1.82, 2.24) is 0 Å². The van der Waals surface area contributed by atoms with Gasteiger partial charge in [0.25, 0.3) is 0 Å². The minimum absolute atomic E-state index is 0.0508. The van der Waals surface area contributed by atoms with Gasteiger partial charge in [-0.1, -0.05) is 30.6 Å². The summed E-state index contributed by atoms with van der Waals surface area (Å²) in [6.07, 6.45) is 2.31. The van der Waals surface area contributed by atoms with Gasteiger partial charge in [-0.3, -0.25) is 9.05 Å². The quantitative estimate of drug-likeness (QED) is 0.515. The van der Waals surface area contributed by atoms with Gasteiger partial charge in [-0.15, -0.1) is 0 Å². The summed E-state index contributed by atoms with van der Waals surface area (Å²) in [4.78, 5) is 9.01. The molecule has 0 saturated carbocycles. The first-order chi connectivity index (χ1) is 10.1. The van der Waals surface area contributed by atoms with Crippen LogP contribution in [0.5, 0.6) is 0 Å². The van der Waals surface area contributed by atoms with Gasteiger partial charge in [0, 0.05) is 31.1 Å². The fourth-order valence-corrected chi connectivity index (χ4v) is 1.78. The highest BCUT2D eigenvalue weighted by molar-refractivity contribution is 7.47. The minimum Gasteiger partial charge on any atom is -0.303 e. The molecule has 0 aliphatic heterocycles. The number of unbranched alkanes of at least 4 members (excludes halogenated alkanes) is 1. The van der Waals surface area contributed by atoms with Crippen LogP contribution in [0.1, 0.15) is 37.3 Å². The standard InChI is InChI=1S/C16H19O4P/c1-3-4-5-8-15-10-12-16(13-11-15)9-6-7-14-20-21(17,18)19-2/h10-13H,3-4,7,14H2,1-2H3,(H,17,18). The van der Waals surface area contributed by atoms with E-state index in [2.05, 4.69) is 39.7 Å². The zero-order valence-corrected chi connectivity index (χ0v) is 13.2. The Morgan fingerprint density at radius 3 is 2.10 bits per heavy atom. The zero-order valence-electron chi connectivity index (χ0n) is 12.3. The van der Waals surface area contributed by atoms with E-state index >= 15 is 0 Å². The maximum Gasteiger partial charge on any atom is 0.471 e. The lowest BCUT2D eigenvalue weighted by Gasteiger charge is -2.06. The van der Waals surface area contributed by atoms with Crippen molar-refractivity contribution in [2.45, 2.75) is 26.2 Å². The van der Waals surface area contributed by atoms with Gasteiger partial charge in [0.2, 0.25) is 0 Å². The van der Waals surface area contributed by atoms with Gasteiger partial charge in [-0.25, -0.2) is 4.57 Å².